The van der Waals surface area contributed by atoms with Crippen molar-refractivity contribution in [1.82, 2.24) is 0 Å². The van der Waals surface area contributed by atoms with Crippen LogP contribution >= 0.6 is 0 Å². The third-order valence-corrected chi connectivity index (χ3v) is 2.64. The zero-order chi connectivity index (χ0) is 16.9. The number of aryl methyl sites for hydroxylation is 1. The molecule has 0 fully saturated rings. The molecule has 0 spiro atoms. The minimum absolute atomic E-state index is 0.0392. The molecule has 0 saturated heterocycles. The Hall–Kier alpha value is -1.48. The largest absolute Gasteiger partial charge is 0.458 e. The highest BCUT2D eigenvalue weighted by molar-refractivity contribution is 5.37. The molecule has 0 aliphatic rings. The molecule has 0 unspecified atom stereocenters. The van der Waals surface area contributed by atoms with E-state index in [2.05, 4.69) is 0 Å². The lowest BCUT2D eigenvalue weighted by atomic mass is 9.97. The minimum Gasteiger partial charge on any atom is -0.191 e. The van der Waals surface area contributed by atoms with Crippen molar-refractivity contribution in [2.24, 2.45) is 0 Å². The first-order valence-corrected chi connectivity index (χ1v) is 5.13. The summed E-state index contributed by atoms with van der Waals surface area (Å²) in [5.74, 6) is -10.7. The molecule has 1 aromatic carbocycles. The van der Waals surface area contributed by atoms with Gasteiger partial charge in [0.15, 0.2) is 0 Å². The van der Waals surface area contributed by atoms with Gasteiger partial charge in [-0.25, -0.2) is 0 Å². The Labute approximate surface area is 111 Å². The zero-order valence-electron chi connectivity index (χ0n) is 10.0. The van der Waals surface area contributed by atoms with Gasteiger partial charge >= 0.3 is 24.2 Å². The molecule has 0 saturated carbocycles. The maximum atomic E-state index is 13.1. The standard InChI is InChI=1S/C11H6F10/c1-5-4-6(8(12,13)10(16,17)18)2-3-7(5)9(14,15)11(19,20)21/h2-4H,1H3. The summed E-state index contributed by atoms with van der Waals surface area (Å²) in [6, 6.07) is -0.226. The number of alkyl halides is 10. The van der Waals surface area contributed by atoms with Crippen molar-refractivity contribution >= 4 is 0 Å². The van der Waals surface area contributed by atoms with Gasteiger partial charge < -0.3 is 0 Å². The van der Waals surface area contributed by atoms with E-state index in [0.29, 0.717) is 6.92 Å². The fraction of sp³-hybridized carbons (Fsp3) is 0.455. The maximum Gasteiger partial charge on any atom is 0.458 e. The maximum absolute atomic E-state index is 13.1. The van der Waals surface area contributed by atoms with Gasteiger partial charge in [0, 0.05) is 11.1 Å². The Bertz CT molecular complexity index is 523. The topological polar surface area (TPSA) is 0 Å². The predicted octanol–water partition coefficient (Wildman–Crippen LogP) is 5.30. The summed E-state index contributed by atoms with van der Waals surface area (Å²) in [5, 5.41) is 0. The first kappa shape index (κ1) is 17.6. The second-order valence-corrected chi connectivity index (χ2v) is 4.17. The highest BCUT2D eigenvalue weighted by Gasteiger charge is 2.61. The Morgan fingerprint density at radius 1 is 0.667 bits per heavy atom. The summed E-state index contributed by atoms with van der Waals surface area (Å²) in [6.07, 6.45) is -12.0. The molecule has 0 nitrogen and oxygen atoms in total. The van der Waals surface area contributed by atoms with E-state index in [4.69, 9.17) is 0 Å². The summed E-state index contributed by atoms with van der Waals surface area (Å²) in [5.41, 5.74) is -4.43. The van der Waals surface area contributed by atoms with Gasteiger partial charge in [-0.15, -0.1) is 0 Å². The van der Waals surface area contributed by atoms with Crippen LogP contribution < -0.4 is 0 Å². The lowest BCUT2D eigenvalue weighted by Crippen LogP contribution is -2.36. The molecule has 0 N–H and O–H groups in total. The van der Waals surface area contributed by atoms with Crippen LogP contribution in [0, 0.1) is 6.92 Å². The molecule has 21 heavy (non-hydrogen) atoms. The van der Waals surface area contributed by atoms with Crippen molar-refractivity contribution in [2.75, 3.05) is 0 Å². The lowest BCUT2D eigenvalue weighted by molar-refractivity contribution is -0.291. The van der Waals surface area contributed by atoms with Gasteiger partial charge in [-0.1, -0.05) is 12.1 Å². The third kappa shape index (κ3) is 2.93. The quantitative estimate of drug-likeness (QED) is 0.646. The van der Waals surface area contributed by atoms with Gasteiger partial charge in [-0.05, 0) is 18.6 Å². The highest BCUT2D eigenvalue weighted by Crippen LogP contribution is 2.48. The Balaban J connectivity index is 3.38. The Morgan fingerprint density at radius 2 is 1.10 bits per heavy atom. The lowest BCUT2D eigenvalue weighted by Gasteiger charge is -2.24. The van der Waals surface area contributed by atoms with Gasteiger partial charge in [-0.2, -0.15) is 43.9 Å². The average molecular weight is 328 g/mol. The Morgan fingerprint density at radius 3 is 1.43 bits per heavy atom. The van der Waals surface area contributed by atoms with Gasteiger partial charge in [0.05, 0.1) is 0 Å². The molecule has 0 radical (unpaired) electrons. The van der Waals surface area contributed by atoms with Crippen LogP contribution in [0.2, 0.25) is 0 Å². The molecule has 1 rings (SSSR count). The van der Waals surface area contributed by atoms with Crippen LogP contribution in [-0.2, 0) is 11.8 Å². The van der Waals surface area contributed by atoms with E-state index in [9.17, 15) is 43.9 Å². The van der Waals surface area contributed by atoms with E-state index in [1.807, 2.05) is 0 Å². The molecule has 0 heterocycles. The molecule has 0 aliphatic carbocycles. The molecule has 120 valence electrons. The highest BCUT2D eigenvalue weighted by atomic mass is 19.4. The number of halogens is 10. The molecule has 0 atom stereocenters. The van der Waals surface area contributed by atoms with Crippen LogP contribution in [0.3, 0.4) is 0 Å². The summed E-state index contributed by atoms with van der Waals surface area (Å²) in [4.78, 5) is 0. The third-order valence-electron chi connectivity index (χ3n) is 2.64. The minimum atomic E-state index is -5.99. The molecule has 0 aliphatic heterocycles. The number of benzene rings is 1. The van der Waals surface area contributed by atoms with Gasteiger partial charge in [-0.3, -0.25) is 0 Å². The second-order valence-electron chi connectivity index (χ2n) is 4.17. The molecule has 0 aromatic heterocycles. The predicted molar refractivity (Wildman–Crippen MR) is 51.1 cm³/mol. The molecule has 0 bridgehead atoms. The number of hydrogen-bond acceptors (Lipinski definition) is 0. The van der Waals surface area contributed by atoms with Crippen LogP contribution in [-0.4, -0.2) is 12.4 Å². The molecule has 10 heteroatoms. The van der Waals surface area contributed by atoms with Crippen molar-refractivity contribution < 1.29 is 43.9 Å². The summed E-state index contributed by atoms with van der Waals surface area (Å²) < 4.78 is 125. The van der Waals surface area contributed by atoms with Crippen LogP contribution in [0.5, 0.6) is 0 Å². The molecular weight excluding hydrogens is 322 g/mol. The van der Waals surface area contributed by atoms with Crippen molar-refractivity contribution in [3.05, 3.63) is 34.9 Å². The van der Waals surface area contributed by atoms with E-state index >= 15 is 0 Å². The summed E-state index contributed by atoms with van der Waals surface area (Å²) in [7, 11) is 0. The van der Waals surface area contributed by atoms with Crippen molar-refractivity contribution in [2.45, 2.75) is 31.1 Å². The average Bonchev–Trinajstić information content (AvgIpc) is 2.25. The molecule has 0 amide bonds. The number of rotatable bonds is 2. The van der Waals surface area contributed by atoms with Gasteiger partial charge in [0.2, 0.25) is 0 Å². The van der Waals surface area contributed by atoms with Crippen LogP contribution in [0.25, 0.3) is 0 Å². The Kier molecular flexibility index (Phi) is 3.99. The van der Waals surface area contributed by atoms with E-state index in [0.717, 1.165) is 0 Å². The van der Waals surface area contributed by atoms with Crippen molar-refractivity contribution in [1.29, 1.82) is 0 Å². The van der Waals surface area contributed by atoms with E-state index in [-0.39, 0.29) is 18.2 Å². The van der Waals surface area contributed by atoms with Crippen molar-refractivity contribution in [3.8, 4) is 0 Å². The smallest absolute Gasteiger partial charge is 0.191 e. The second kappa shape index (κ2) is 4.77. The van der Waals surface area contributed by atoms with Crippen LogP contribution in [0.4, 0.5) is 43.9 Å². The van der Waals surface area contributed by atoms with E-state index < -0.39 is 40.9 Å². The van der Waals surface area contributed by atoms with Crippen molar-refractivity contribution in [3.63, 3.8) is 0 Å². The normalized spacial score (nSPS) is 14.4. The van der Waals surface area contributed by atoms with E-state index in [1.165, 1.54) is 0 Å². The SMILES string of the molecule is Cc1cc(C(F)(F)C(F)(F)F)ccc1C(F)(F)C(F)(F)F. The van der Waals surface area contributed by atoms with Gasteiger partial charge in [0.1, 0.15) is 0 Å². The number of hydrogen-bond donors (Lipinski definition) is 0. The van der Waals surface area contributed by atoms with Crippen LogP contribution in [0.15, 0.2) is 18.2 Å². The first-order chi connectivity index (χ1) is 9.12. The molecular formula is C11H6F10. The molecule has 1 aromatic rings. The summed E-state index contributed by atoms with van der Waals surface area (Å²) >= 11 is 0. The van der Waals surface area contributed by atoms with E-state index in [1.54, 1.807) is 0 Å². The van der Waals surface area contributed by atoms with Gasteiger partial charge in [0.25, 0.3) is 0 Å². The first-order valence-electron chi connectivity index (χ1n) is 5.13. The van der Waals surface area contributed by atoms with Crippen LogP contribution in [0.1, 0.15) is 16.7 Å². The summed E-state index contributed by atoms with van der Waals surface area (Å²) in [6.45, 7) is 0.588. The fourth-order valence-electron chi connectivity index (χ4n) is 1.53. The fourth-order valence-corrected chi connectivity index (χ4v) is 1.53. The monoisotopic (exact) mass is 328 g/mol. The zero-order valence-corrected chi connectivity index (χ0v) is 10.0.